The number of hydrogen-bond acceptors (Lipinski definition) is 8. The van der Waals surface area contributed by atoms with Gasteiger partial charge >= 0.3 is 0 Å². The highest BCUT2D eigenvalue weighted by atomic mass is 32.2. The summed E-state index contributed by atoms with van der Waals surface area (Å²) in [5.74, 6) is 1.31. The first-order chi connectivity index (χ1) is 16.0. The first kappa shape index (κ1) is 20.1. The molecule has 0 saturated heterocycles. The van der Waals surface area contributed by atoms with Gasteiger partial charge in [-0.25, -0.2) is 9.97 Å². The monoisotopic (exact) mass is 464 g/mol. The summed E-state index contributed by atoms with van der Waals surface area (Å²) in [4.78, 5) is 24.3. The van der Waals surface area contributed by atoms with Gasteiger partial charge < -0.3 is 23.9 Å². The minimum atomic E-state index is -1.30. The van der Waals surface area contributed by atoms with Crippen LogP contribution in [-0.4, -0.2) is 43.1 Å². The van der Waals surface area contributed by atoms with E-state index in [0.717, 1.165) is 16.0 Å². The second-order valence-electron chi connectivity index (χ2n) is 7.95. The van der Waals surface area contributed by atoms with E-state index in [9.17, 15) is 9.90 Å². The molecular formula is C23H20N4O5S. The fraction of sp³-hybridized carbons (Fsp3) is 0.261. The van der Waals surface area contributed by atoms with Gasteiger partial charge in [0.05, 0.1) is 4.90 Å². The number of pyridine rings is 1. The number of carbonyl (C=O) groups is 1. The van der Waals surface area contributed by atoms with Crippen molar-refractivity contribution in [2.75, 3.05) is 13.2 Å². The third-order valence-electron chi connectivity index (χ3n) is 5.68. The smallest absolute Gasteiger partial charge is 0.257 e. The number of benzene rings is 1. The number of oxazole rings is 1. The van der Waals surface area contributed by atoms with E-state index in [1.165, 1.54) is 11.9 Å². The van der Waals surface area contributed by atoms with Gasteiger partial charge in [0.15, 0.2) is 23.3 Å². The number of amides is 1. The Kier molecular flexibility index (Phi) is 4.77. The molecule has 0 saturated carbocycles. The number of aryl methyl sites for hydroxylation is 1. The molecule has 10 heteroatoms. The zero-order chi connectivity index (χ0) is 22.5. The maximum atomic E-state index is 13.0. The molecule has 0 bridgehead atoms. The Bertz CT molecular complexity index is 1360. The predicted octanol–water partition coefficient (Wildman–Crippen LogP) is 3.24. The van der Waals surface area contributed by atoms with Crippen molar-refractivity contribution in [1.29, 1.82) is 0 Å². The van der Waals surface area contributed by atoms with Crippen molar-refractivity contribution in [2.24, 2.45) is 0 Å². The van der Waals surface area contributed by atoms with Gasteiger partial charge in [-0.15, -0.1) is 0 Å². The van der Waals surface area contributed by atoms with Gasteiger partial charge in [-0.2, -0.15) is 0 Å². The number of hydrogen-bond donors (Lipinski definition) is 1. The van der Waals surface area contributed by atoms with Crippen molar-refractivity contribution in [3.63, 3.8) is 0 Å². The van der Waals surface area contributed by atoms with Crippen molar-refractivity contribution in [3.8, 4) is 11.6 Å². The third-order valence-corrected chi connectivity index (χ3v) is 6.54. The van der Waals surface area contributed by atoms with Crippen LogP contribution in [-0.2, 0) is 17.9 Å². The lowest BCUT2D eigenvalue weighted by Crippen LogP contribution is -2.31. The second-order valence-corrected chi connectivity index (χ2v) is 9.03. The van der Waals surface area contributed by atoms with E-state index >= 15 is 0 Å². The lowest BCUT2D eigenvalue weighted by molar-refractivity contribution is -0.141. The first-order valence-electron chi connectivity index (χ1n) is 10.5. The summed E-state index contributed by atoms with van der Waals surface area (Å²) in [5.41, 5.74) is 3.62. The normalized spacial score (nSPS) is 15.6. The van der Waals surface area contributed by atoms with Crippen LogP contribution in [0.1, 0.15) is 28.7 Å². The van der Waals surface area contributed by atoms with E-state index in [0.29, 0.717) is 60.5 Å². The predicted molar refractivity (Wildman–Crippen MR) is 119 cm³/mol. The summed E-state index contributed by atoms with van der Waals surface area (Å²) in [6, 6.07) is 7.15. The molecule has 0 fully saturated rings. The number of rotatable bonds is 4. The number of nitrogens with zero attached hydrogens (tertiary/aromatic N) is 4. The van der Waals surface area contributed by atoms with Gasteiger partial charge in [0.25, 0.3) is 11.8 Å². The lowest BCUT2D eigenvalue weighted by Gasteiger charge is -2.20. The van der Waals surface area contributed by atoms with Crippen molar-refractivity contribution in [3.05, 3.63) is 65.4 Å². The highest BCUT2D eigenvalue weighted by molar-refractivity contribution is 7.97. The molecule has 9 nitrogen and oxygen atoms in total. The fourth-order valence-corrected chi connectivity index (χ4v) is 5.03. The summed E-state index contributed by atoms with van der Waals surface area (Å²) in [6.07, 6.45) is 4.45. The number of para-hydroxylation sites is 1. The average Bonchev–Trinajstić information content (AvgIpc) is 3.49. The Morgan fingerprint density at radius 1 is 1.18 bits per heavy atom. The minimum absolute atomic E-state index is 0.352. The van der Waals surface area contributed by atoms with Gasteiger partial charge in [-0.1, -0.05) is 12.1 Å². The van der Waals surface area contributed by atoms with Crippen LogP contribution in [0.2, 0.25) is 0 Å². The number of aliphatic hydroxyl groups excluding tert-OH is 1. The number of carbonyl (C=O) groups excluding carboxylic acids is 1. The molecular weight excluding hydrogens is 444 g/mol. The Balaban J connectivity index is 1.16. The molecule has 6 rings (SSSR count). The van der Waals surface area contributed by atoms with Crippen LogP contribution in [0.3, 0.4) is 0 Å². The van der Waals surface area contributed by atoms with Crippen LogP contribution >= 0.6 is 11.9 Å². The van der Waals surface area contributed by atoms with Gasteiger partial charge in [0, 0.05) is 50.2 Å². The van der Waals surface area contributed by atoms with E-state index in [1.54, 1.807) is 36.2 Å². The van der Waals surface area contributed by atoms with E-state index < -0.39 is 6.10 Å². The zero-order valence-electron chi connectivity index (χ0n) is 17.7. The summed E-state index contributed by atoms with van der Waals surface area (Å²) >= 11 is 1.51. The van der Waals surface area contributed by atoms with E-state index in [-0.39, 0.29) is 5.91 Å². The average molecular weight is 465 g/mol. The lowest BCUT2D eigenvalue weighted by atomic mass is 10.1. The van der Waals surface area contributed by atoms with Crippen LogP contribution in [0, 0.1) is 6.92 Å². The van der Waals surface area contributed by atoms with Crippen molar-refractivity contribution in [2.45, 2.75) is 31.0 Å². The second kappa shape index (κ2) is 7.82. The molecule has 4 aromatic rings. The maximum Gasteiger partial charge on any atom is 0.257 e. The molecule has 0 spiro atoms. The summed E-state index contributed by atoms with van der Waals surface area (Å²) < 4.78 is 18.6. The number of ether oxygens (including phenoxy) is 2. The molecule has 1 atom stereocenters. The summed E-state index contributed by atoms with van der Waals surface area (Å²) in [6.45, 7) is 3.64. The van der Waals surface area contributed by atoms with Gasteiger partial charge in [-0.3, -0.25) is 8.77 Å². The van der Waals surface area contributed by atoms with Crippen LogP contribution < -0.4 is 9.47 Å². The standard InChI is InChI=1S/C23H20N4O5S/c1-13-25-20-17(3-2-4-18(20)32-13)21(28)23(29)26-9-14-11-27(12-15(14)10-26)33-16-7-19-22(24-8-16)31-6-5-30-19/h2-4,7-8,11-12,21,28H,5-6,9-10H2,1H3. The molecule has 2 aliphatic heterocycles. The van der Waals surface area contributed by atoms with Gasteiger partial charge in [0.1, 0.15) is 18.7 Å². The molecule has 1 N–H and O–H groups in total. The summed E-state index contributed by atoms with van der Waals surface area (Å²) in [5, 5.41) is 10.8. The highest BCUT2D eigenvalue weighted by Crippen LogP contribution is 2.35. The molecule has 0 radical (unpaired) electrons. The number of aliphatic hydroxyl groups is 1. The van der Waals surface area contributed by atoms with Crippen LogP contribution in [0.25, 0.3) is 11.1 Å². The number of fused-ring (bicyclic) bond motifs is 3. The molecule has 33 heavy (non-hydrogen) atoms. The van der Waals surface area contributed by atoms with Crippen molar-refractivity contribution < 1.29 is 23.8 Å². The van der Waals surface area contributed by atoms with Gasteiger partial charge in [0.2, 0.25) is 0 Å². The molecule has 0 aliphatic carbocycles. The Morgan fingerprint density at radius 3 is 2.79 bits per heavy atom. The SMILES string of the molecule is Cc1nc2c(C(O)C(=O)N3Cc4cn(Sc5cnc6c(c5)OCCO6)cc4C3)cccc2o1. The fourth-order valence-electron chi connectivity index (χ4n) is 4.17. The van der Waals surface area contributed by atoms with Crippen molar-refractivity contribution in [1.82, 2.24) is 18.8 Å². The van der Waals surface area contributed by atoms with Crippen molar-refractivity contribution >= 4 is 29.0 Å². The Morgan fingerprint density at radius 2 is 1.97 bits per heavy atom. The molecule has 3 aromatic heterocycles. The van der Waals surface area contributed by atoms with Gasteiger partial charge in [-0.05, 0) is 29.1 Å². The molecule has 1 amide bonds. The maximum absolute atomic E-state index is 13.0. The molecule has 2 aliphatic rings. The summed E-state index contributed by atoms with van der Waals surface area (Å²) in [7, 11) is 0. The van der Waals surface area contributed by atoms with E-state index in [1.807, 2.05) is 22.4 Å². The van der Waals surface area contributed by atoms with Crippen LogP contribution in [0.5, 0.6) is 11.6 Å². The Hall–Kier alpha value is -3.50. The molecule has 168 valence electrons. The number of aromatic nitrogens is 3. The zero-order valence-corrected chi connectivity index (χ0v) is 18.5. The minimum Gasteiger partial charge on any atom is -0.484 e. The molecule has 1 unspecified atom stereocenters. The van der Waals surface area contributed by atoms with E-state index in [4.69, 9.17) is 13.9 Å². The highest BCUT2D eigenvalue weighted by Gasteiger charge is 2.31. The quantitative estimate of drug-likeness (QED) is 0.491. The van der Waals surface area contributed by atoms with E-state index in [2.05, 4.69) is 9.97 Å². The topological polar surface area (TPSA) is 103 Å². The molecule has 1 aromatic carbocycles. The first-order valence-corrected chi connectivity index (χ1v) is 11.3. The third kappa shape index (κ3) is 3.61. The largest absolute Gasteiger partial charge is 0.484 e. The van der Waals surface area contributed by atoms with Crippen LogP contribution in [0.4, 0.5) is 0 Å². The van der Waals surface area contributed by atoms with Crippen LogP contribution in [0.15, 0.2) is 52.2 Å². The molecule has 5 heterocycles. The Labute approximate surface area is 193 Å².